The summed E-state index contributed by atoms with van der Waals surface area (Å²) in [6.07, 6.45) is 6.26. The van der Waals surface area contributed by atoms with Crippen LogP contribution in [0, 0.1) is 5.92 Å². The molecule has 7 heteroatoms. The molecule has 1 fully saturated rings. The van der Waals surface area contributed by atoms with Gasteiger partial charge < -0.3 is 5.32 Å². The van der Waals surface area contributed by atoms with Gasteiger partial charge in [0.2, 0.25) is 5.91 Å². The summed E-state index contributed by atoms with van der Waals surface area (Å²) < 4.78 is 1.84. The number of aromatic nitrogens is 3. The molecule has 0 bridgehead atoms. The number of rotatable bonds is 5. The van der Waals surface area contributed by atoms with E-state index in [1.807, 2.05) is 28.8 Å². The lowest BCUT2D eigenvalue weighted by atomic mass is 9.87. The highest BCUT2D eigenvalue weighted by atomic mass is 35.5. The largest absolute Gasteiger partial charge is 0.353 e. The molecule has 0 aliphatic heterocycles. The number of carbonyl (C=O) groups excluding carboxylic acids is 1. The van der Waals surface area contributed by atoms with Crippen molar-refractivity contribution in [3.05, 3.63) is 35.6 Å². The van der Waals surface area contributed by atoms with E-state index in [2.05, 4.69) is 22.4 Å². The summed E-state index contributed by atoms with van der Waals surface area (Å²) in [4.78, 5) is 12.2. The first-order chi connectivity index (χ1) is 11.6. The van der Waals surface area contributed by atoms with Gasteiger partial charge in [-0.2, -0.15) is 0 Å². The summed E-state index contributed by atoms with van der Waals surface area (Å²) in [7, 11) is 0. The predicted molar refractivity (Wildman–Crippen MR) is 96.7 cm³/mol. The van der Waals surface area contributed by atoms with E-state index in [1.54, 1.807) is 6.33 Å². The Kier molecular flexibility index (Phi) is 5.79. The van der Waals surface area contributed by atoms with E-state index < -0.39 is 0 Å². The highest BCUT2D eigenvalue weighted by Crippen LogP contribution is 2.24. The number of nitrogens with one attached hydrogen (secondary N) is 1. The molecule has 1 aliphatic rings. The number of nitrogens with zero attached hydrogens (tertiary/aromatic N) is 3. The fourth-order valence-electron chi connectivity index (χ4n) is 3.09. The van der Waals surface area contributed by atoms with Crippen LogP contribution < -0.4 is 5.32 Å². The average molecular weight is 365 g/mol. The molecule has 2 unspecified atom stereocenters. The molecule has 24 heavy (non-hydrogen) atoms. The molecule has 1 amide bonds. The highest BCUT2D eigenvalue weighted by Gasteiger charge is 2.20. The lowest BCUT2D eigenvalue weighted by Gasteiger charge is -2.27. The predicted octanol–water partition coefficient (Wildman–Crippen LogP) is 3.71. The molecule has 1 aromatic carbocycles. The van der Waals surface area contributed by atoms with Crippen molar-refractivity contribution in [1.29, 1.82) is 0 Å². The van der Waals surface area contributed by atoms with Gasteiger partial charge in [0.05, 0.1) is 11.4 Å². The van der Waals surface area contributed by atoms with Gasteiger partial charge in [-0.25, -0.2) is 0 Å². The maximum absolute atomic E-state index is 12.2. The van der Waals surface area contributed by atoms with Gasteiger partial charge in [-0.1, -0.05) is 49.2 Å². The van der Waals surface area contributed by atoms with Gasteiger partial charge in [0.15, 0.2) is 5.16 Å². The van der Waals surface area contributed by atoms with E-state index in [-0.39, 0.29) is 5.91 Å². The minimum absolute atomic E-state index is 0.0553. The Bertz CT molecular complexity index is 705. The average Bonchev–Trinajstić information content (AvgIpc) is 3.01. The van der Waals surface area contributed by atoms with Gasteiger partial charge in [0.1, 0.15) is 6.33 Å². The monoisotopic (exact) mass is 364 g/mol. The number of carbonyl (C=O) groups is 1. The lowest BCUT2D eigenvalue weighted by Crippen LogP contribution is -2.38. The number of amides is 1. The number of hydrogen-bond acceptors (Lipinski definition) is 4. The molecule has 1 N–H and O–H groups in total. The minimum Gasteiger partial charge on any atom is -0.353 e. The van der Waals surface area contributed by atoms with Crippen LogP contribution >= 0.6 is 23.4 Å². The van der Waals surface area contributed by atoms with Crippen LogP contribution in [0.4, 0.5) is 0 Å². The van der Waals surface area contributed by atoms with Crippen molar-refractivity contribution in [1.82, 2.24) is 20.1 Å². The van der Waals surface area contributed by atoms with Gasteiger partial charge in [-0.3, -0.25) is 9.36 Å². The van der Waals surface area contributed by atoms with Crippen molar-refractivity contribution in [3.8, 4) is 5.69 Å². The Labute approximate surface area is 151 Å². The van der Waals surface area contributed by atoms with Crippen molar-refractivity contribution in [2.45, 2.75) is 43.8 Å². The standard InChI is InChI=1S/C17H21ClN4OS/c1-12-4-2-6-14(8-12)20-16(23)10-24-17-21-19-11-22(17)15-7-3-5-13(18)9-15/h3,5,7,9,11-12,14H,2,4,6,8,10H2,1H3,(H,20,23). The minimum atomic E-state index is 0.0553. The van der Waals surface area contributed by atoms with Crippen LogP contribution in [0.15, 0.2) is 35.7 Å². The Hall–Kier alpha value is -1.53. The quantitative estimate of drug-likeness (QED) is 0.821. The van der Waals surface area contributed by atoms with E-state index >= 15 is 0 Å². The second kappa shape index (κ2) is 8.03. The smallest absolute Gasteiger partial charge is 0.230 e. The maximum atomic E-state index is 12.2. The Morgan fingerprint density at radius 2 is 2.33 bits per heavy atom. The van der Waals surface area contributed by atoms with Gasteiger partial charge in [0, 0.05) is 11.1 Å². The summed E-state index contributed by atoms with van der Waals surface area (Å²) in [5, 5.41) is 12.5. The van der Waals surface area contributed by atoms with E-state index in [0.29, 0.717) is 27.9 Å². The molecule has 2 atom stereocenters. The van der Waals surface area contributed by atoms with Crippen LogP contribution in [0.3, 0.4) is 0 Å². The molecule has 5 nitrogen and oxygen atoms in total. The third kappa shape index (κ3) is 4.51. The van der Waals surface area contributed by atoms with Crippen LogP contribution in [0.2, 0.25) is 5.02 Å². The lowest BCUT2D eigenvalue weighted by molar-refractivity contribution is -0.119. The van der Waals surface area contributed by atoms with Crippen molar-refractivity contribution >= 4 is 29.3 Å². The first kappa shape index (κ1) is 17.3. The molecule has 0 radical (unpaired) electrons. The van der Waals surface area contributed by atoms with Crippen molar-refractivity contribution in [2.75, 3.05) is 5.75 Å². The molecule has 1 aromatic heterocycles. The normalized spacial score (nSPS) is 20.8. The molecule has 3 rings (SSSR count). The Balaban J connectivity index is 1.57. The Morgan fingerprint density at radius 3 is 3.12 bits per heavy atom. The number of benzene rings is 1. The molecule has 1 aliphatic carbocycles. The molecule has 2 aromatic rings. The van der Waals surface area contributed by atoms with Crippen LogP contribution in [0.1, 0.15) is 32.6 Å². The molecule has 1 saturated carbocycles. The number of thioether (sulfide) groups is 1. The SMILES string of the molecule is CC1CCCC(NC(=O)CSc2nncn2-c2cccc(Cl)c2)C1. The van der Waals surface area contributed by atoms with Crippen LogP contribution in [0.5, 0.6) is 0 Å². The first-order valence-electron chi connectivity index (χ1n) is 8.20. The van der Waals surface area contributed by atoms with E-state index in [0.717, 1.165) is 18.5 Å². The molecule has 128 valence electrons. The van der Waals surface area contributed by atoms with E-state index in [1.165, 1.54) is 24.6 Å². The third-order valence-corrected chi connectivity index (χ3v) is 5.41. The summed E-state index contributed by atoms with van der Waals surface area (Å²) in [6.45, 7) is 2.25. The molecular weight excluding hydrogens is 344 g/mol. The zero-order valence-electron chi connectivity index (χ0n) is 13.6. The molecular formula is C17H21ClN4OS. The molecule has 0 spiro atoms. The second-order valence-electron chi connectivity index (χ2n) is 6.29. The summed E-state index contributed by atoms with van der Waals surface area (Å²) in [5.41, 5.74) is 0.886. The topological polar surface area (TPSA) is 59.8 Å². The molecule has 1 heterocycles. The van der Waals surface area contributed by atoms with Crippen LogP contribution in [0.25, 0.3) is 5.69 Å². The van der Waals surface area contributed by atoms with Crippen molar-refractivity contribution < 1.29 is 4.79 Å². The van der Waals surface area contributed by atoms with E-state index in [4.69, 9.17) is 11.6 Å². The second-order valence-corrected chi connectivity index (χ2v) is 7.67. The summed E-state index contributed by atoms with van der Waals surface area (Å²) in [6, 6.07) is 7.79. The molecule has 0 saturated heterocycles. The zero-order chi connectivity index (χ0) is 16.9. The van der Waals surface area contributed by atoms with E-state index in [9.17, 15) is 4.79 Å². The Morgan fingerprint density at radius 1 is 1.46 bits per heavy atom. The number of halogens is 1. The maximum Gasteiger partial charge on any atom is 0.230 e. The summed E-state index contributed by atoms with van der Waals surface area (Å²) >= 11 is 7.42. The third-order valence-electron chi connectivity index (χ3n) is 4.24. The van der Waals surface area contributed by atoms with Gasteiger partial charge in [0.25, 0.3) is 0 Å². The van der Waals surface area contributed by atoms with Gasteiger partial charge >= 0.3 is 0 Å². The van der Waals surface area contributed by atoms with Gasteiger partial charge in [-0.15, -0.1) is 10.2 Å². The zero-order valence-corrected chi connectivity index (χ0v) is 15.2. The van der Waals surface area contributed by atoms with Crippen LogP contribution in [-0.4, -0.2) is 32.5 Å². The fourth-order valence-corrected chi connectivity index (χ4v) is 4.02. The van der Waals surface area contributed by atoms with Crippen molar-refractivity contribution in [3.63, 3.8) is 0 Å². The highest BCUT2D eigenvalue weighted by molar-refractivity contribution is 7.99. The van der Waals surface area contributed by atoms with Gasteiger partial charge in [-0.05, 0) is 37.0 Å². The summed E-state index contributed by atoms with van der Waals surface area (Å²) in [5.74, 6) is 1.09. The fraction of sp³-hybridized carbons (Fsp3) is 0.471. The first-order valence-corrected chi connectivity index (χ1v) is 9.56. The number of hydrogen-bond donors (Lipinski definition) is 1. The van der Waals surface area contributed by atoms with Crippen LogP contribution in [-0.2, 0) is 4.79 Å². The van der Waals surface area contributed by atoms with Crippen molar-refractivity contribution in [2.24, 2.45) is 5.92 Å².